The third-order valence-electron chi connectivity index (χ3n) is 2.07. The lowest BCUT2D eigenvalue weighted by Crippen LogP contribution is -2.02. The maximum absolute atomic E-state index is 5.57. The Kier molecular flexibility index (Phi) is 3.43. The summed E-state index contributed by atoms with van der Waals surface area (Å²) in [5.74, 6) is 1.17. The number of rotatable bonds is 3. The molecule has 0 spiro atoms. The molecule has 0 saturated heterocycles. The molecule has 0 aliphatic carbocycles. The third kappa shape index (κ3) is 2.85. The van der Waals surface area contributed by atoms with Crippen LogP contribution in [0.25, 0.3) is 0 Å². The normalized spacial score (nSPS) is 10.0. The first kappa shape index (κ1) is 11.7. The Morgan fingerprint density at radius 1 is 1.29 bits per heavy atom. The van der Waals surface area contributed by atoms with Gasteiger partial charge >= 0.3 is 0 Å². The minimum absolute atomic E-state index is 0.166. The first-order valence-electron chi connectivity index (χ1n) is 4.89. The Morgan fingerprint density at radius 2 is 2.06 bits per heavy atom. The number of methoxy groups -OCH3 is 1. The topological polar surface area (TPSA) is 73.1 Å². The Labute approximate surface area is 107 Å². The van der Waals surface area contributed by atoms with Crippen LogP contribution in [-0.2, 0) is 0 Å². The Bertz CT molecular complexity index is 533. The van der Waals surface area contributed by atoms with E-state index in [2.05, 4.69) is 31.2 Å². The highest BCUT2D eigenvalue weighted by atomic mass is 79.9. The lowest BCUT2D eigenvalue weighted by atomic mass is 10.3. The number of halogens is 1. The molecule has 1 heterocycles. The van der Waals surface area contributed by atoms with Gasteiger partial charge in [0.05, 0.1) is 12.8 Å². The number of nitrogens with two attached hydrogens (primary N) is 1. The Hall–Kier alpha value is -1.82. The smallest absolute Gasteiger partial charge is 0.225 e. The Morgan fingerprint density at radius 3 is 2.76 bits per heavy atom. The Balaban J connectivity index is 2.30. The van der Waals surface area contributed by atoms with Gasteiger partial charge in [-0.05, 0) is 28.1 Å². The molecule has 88 valence electrons. The van der Waals surface area contributed by atoms with Crippen molar-refractivity contribution in [1.82, 2.24) is 9.97 Å². The van der Waals surface area contributed by atoms with E-state index >= 15 is 0 Å². The minimum Gasteiger partial charge on any atom is -0.481 e. The highest BCUT2D eigenvalue weighted by Gasteiger charge is 2.04. The second-order valence-corrected chi connectivity index (χ2v) is 4.11. The minimum atomic E-state index is 0.166. The number of nitrogens with one attached hydrogen (secondary N) is 1. The van der Waals surface area contributed by atoms with Gasteiger partial charge in [-0.15, -0.1) is 0 Å². The third-order valence-corrected chi connectivity index (χ3v) is 2.76. The molecule has 2 rings (SSSR count). The molecule has 2 aromatic rings. The summed E-state index contributed by atoms with van der Waals surface area (Å²) in [4.78, 5) is 7.98. The van der Waals surface area contributed by atoms with Gasteiger partial charge in [0.1, 0.15) is 5.82 Å². The molecule has 0 aliphatic rings. The number of aromatic nitrogens is 2. The van der Waals surface area contributed by atoms with Crippen LogP contribution in [0.15, 0.2) is 34.8 Å². The number of para-hydroxylation sites is 1. The quantitative estimate of drug-likeness (QED) is 0.910. The van der Waals surface area contributed by atoms with E-state index in [1.54, 1.807) is 6.07 Å². The van der Waals surface area contributed by atoms with Crippen molar-refractivity contribution in [3.05, 3.63) is 34.8 Å². The summed E-state index contributed by atoms with van der Waals surface area (Å²) >= 11 is 3.44. The molecule has 3 N–H and O–H groups in total. The van der Waals surface area contributed by atoms with E-state index in [9.17, 15) is 0 Å². The highest BCUT2D eigenvalue weighted by Crippen LogP contribution is 2.25. The van der Waals surface area contributed by atoms with E-state index in [0.717, 1.165) is 10.2 Å². The highest BCUT2D eigenvalue weighted by molar-refractivity contribution is 9.10. The SMILES string of the molecule is COc1cc(Nc2ccccc2Br)nc(N)n1. The second-order valence-electron chi connectivity index (χ2n) is 3.26. The number of hydrogen-bond acceptors (Lipinski definition) is 5. The van der Waals surface area contributed by atoms with Crippen molar-refractivity contribution in [1.29, 1.82) is 0 Å². The average molecular weight is 295 g/mol. The van der Waals surface area contributed by atoms with E-state index in [0.29, 0.717) is 11.7 Å². The van der Waals surface area contributed by atoms with Crippen molar-refractivity contribution in [2.75, 3.05) is 18.2 Å². The van der Waals surface area contributed by atoms with Gasteiger partial charge in [0.2, 0.25) is 11.8 Å². The van der Waals surface area contributed by atoms with Gasteiger partial charge in [-0.1, -0.05) is 12.1 Å². The first-order chi connectivity index (χ1) is 8.19. The number of nitrogens with zero attached hydrogens (tertiary/aromatic N) is 2. The monoisotopic (exact) mass is 294 g/mol. The van der Waals surface area contributed by atoms with E-state index in [4.69, 9.17) is 10.5 Å². The van der Waals surface area contributed by atoms with Crippen molar-refractivity contribution in [3.8, 4) is 5.88 Å². The summed E-state index contributed by atoms with van der Waals surface area (Å²) < 4.78 is 5.96. The van der Waals surface area contributed by atoms with Crippen molar-refractivity contribution in [2.24, 2.45) is 0 Å². The summed E-state index contributed by atoms with van der Waals surface area (Å²) in [6, 6.07) is 9.40. The zero-order valence-corrected chi connectivity index (χ0v) is 10.7. The fourth-order valence-corrected chi connectivity index (χ4v) is 1.70. The molecule has 0 bridgehead atoms. The molecule has 6 heteroatoms. The molecular weight excluding hydrogens is 284 g/mol. The van der Waals surface area contributed by atoms with Gasteiger partial charge in [0, 0.05) is 10.5 Å². The van der Waals surface area contributed by atoms with E-state index in [-0.39, 0.29) is 5.95 Å². The predicted octanol–water partition coefficient (Wildman–Crippen LogP) is 2.57. The van der Waals surface area contributed by atoms with Crippen LogP contribution in [0.1, 0.15) is 0 Å². The number of hydrogen-bond donors (Lipinski definition) is 2. The van der Waals surface area contributed by atoms with Crippen molar-refractivity contribution >= 4 is 33.4 Å². The van der Waals surface area contributed by atoms with Gasteiger partial charge in [-0.2, -0.15) is 9.97 Å². The van der Waals surface area contributed by atoms with Gasteiger partial charge in [0.25, 0.3) is 0 Å². The van der Waals surface area contributed by atoms with Gasteiger partial charge in [-0.3, -0.25) is 0 Å². The number of ether oxygens (including phenoxy) is 1. The molecule has 0 atom stereocenters. The molecule has 1 aromatic heterocycles. The summed E-state index contributed by atoms with van der Waals surface area (Å²) in [6.07, 6.45) is 0. The number of nitrogen functional groups attached to an aromatic ring is 1. The van der Waals surface area contributed by atoms with Crippen LogP contribution < -0.4 is 15.8 Å². The maximum Gasteiger partial charge on any atom is 0.225 e. The van der Waals surface area contributed by atoms with Crippen LogP contribution in [0.2, 0.25) is 0 Å². The molecule has 5 nitrogen and oxygen atoms in total. The molecule has 0 radical (unpaired) electrons. The van der Waals surface area contributed by atoms with Gasteiger partial charge < -0.3 is 15.8 Å². The number of benzene rings is 1. The molecule has 1 aromatic carbocycles. The van der Waals surface area contributed by atoms with Crippen LogP contribution in [-0.4, -0.2) is 17.1 Å². The summed E-state index contributed by atoms with van der Waals surface area (Å²) in [7, 11) is 1.53. The fourth-order valence-electron chi connectivity index (χ4n) is 1.31. The van der Waals surface area contributed by atoms with Crippen LogP contribution in [0.3, 0.4) is 0 Å². The summed E-state index contributed by atoms with van der Waals surface area (Å²) in [5.41, 5.74) is 6.47. The van der Waals surface area contributed by atoms with E-state index < -0.39 is 0 Å². The molecule has 0 unspecified atom stereocenters. The van der Waals surface area contributed by atoms with Crippen LogP contribution >= 0.6 is 15.9 Å². The average Bonchev–Trinajstić information content (AvgIpc) is 2.31. The predicted molar refractivity (Wildman–Crippen MR) is 70.4 cm³/mol. The van der Waals surface area contributed by atoms with Gasteiger partial charge in [0.15, 0.2) is 0 Å². The van der Waals surface area contributed by atoms with Crippen molar-refractivity contribution in [2.45, 2.75) is 0 Å². The lowest BCUT2D eigenvalue weighted by Gasteiger charge is -2.08. The molecule has 0 saturated carbocycles. The van der Waals surface area contributed by atoms with Gasteiger partial charge in [-0.25, -0.2) is 0 Å². The fraction of sp³-hybridized carbons (Fsp3) is 0.0909. The van der Waals surface area contributed by atoms with Crippen LogP contribution in [0.5, 0.6) is 5.88 Å². The first-order valence-corrected chi connectivity index (χ1v) is 5.68. The zero-order chi connectivity index (χ0) is 12.3. The molecule has 0 aliphatic heterocycles. The lowest BCUT2D eigenvalue weighted by molar-refractivity contribution is 0.398. The maximum atomic E-state index is 5.57. The summed E-state index contributed by atoms with van der Waals surface area (Å²) in [6.45, 7) is 0. The summed E-state index contributed by atoms with van der Waals surface area (Å²) in [5, 5.41) is 3.13. The van der Waals surface area contributed by atoms with E-state index in [1.807, 2.05) is 24.3 Å². The standard InChI is InChI=1S/C11H11BrN4O/c1-17-10-6-9(15-11(13)16-10)14-8-5-3-2-4-7(8)12/h2-6H,1H3,(H3,13,14,15,16). The zero-order valence-electron chi connectivity index (χ0n) is 9.14. The van der Waals surface area contributed by atoms with E-state index in [1.165, 1.54) is 7.11 Å². The molecule has 17 heavy (non-hydrogen) atoms. The second kappa shape index (κ2) is 5.01. The van der Waals surface area contributed by atoms with Crippen LogP contribution in [0.4, 0.5) is 17.5 Å². The largest absolute Gasteiger partial charge is 0.481 e. The molecule has 0 fully saturated rings. The van der Waals surface area contributed by atoms with Crippen molar-refractivity contribution in [3.63, 3.8) is 0 Å². The van der Waals surface area contributed by atoms with Crippen molar-refractivity contribution < 1.29 is 4.74 Å². The number of anilines is 3. The molecular formula is C11H11BrN4O. The van der Waals surface area contributed by atoms with Crippen LogP contribution in [0, 0.1) is 0 Å². The molecule has 0 amide bonds.